The standard InChI is InChI=1S/C28H29N5O4S/c1-35-24-13-12-23(18-25(24)36-2)33-27(20-6-4-3-5-7-20)30-31-28(33)38-19-26(34)29-21-8-10-22(11-9-21)32-14-16-37-17-15-32/h3-13,18H,14-17,19H2,1-2H3,(H,29,34). The topological polar surface area (TPSA) is 90.7 Å². The van der Waals surface area contributed by atoms with E-state index in [0.29, 0.717) is 22.5 Å². The zero-order valence-electron chi connectivity index (χ0n) is 21.3. The average molecular weight is 532 g/mol. The summed E-state index contributed by atoms with van der Waals surface area (Å²) < 4.78 is 18.3. The predicted octanol–water partition coefficient (Wildman–Crippen LogP) is 4.52. The van der Waals surface area contributed by atoms with Gasteiger partial charge in [-0.2, -0.15) is 0 Å². The predicted molar refractivity (Wildman–Crippen MR) is 149 cm³/mol. The van der Waals surface area contributed by atoms with E-state index in [-0.39, 0.29) is 11.7 Å². The third-order valence-corrected chi connectivity index (χ3v) is 7.08. The van der Waals surface area contributed by atoms with Gasteiger partial charge >= 0.3 is 0 Å². The molecule has 1 N–H and O–H groups in total. The lowest BCUT2D eigenvalue weighted by Crippen LogP contribution is -2.36. The molecular weight excluding hydrogens is 502 g/mol. The lowest BCUT2D eigenvalue weighted by molar-refractivity contribution is -0.113. The fraction of sp³-hybridized carbons (Fsp3) is 0.250. The zero-order valence-corrected chi connectivity index (χ0v) is 22.1. The number of aromatic nitrogens is 3. The fourth-order valence-electron chi connectivity index (χ4n) is 4.24. The lowest BCUT2D eigenvalue weighted by Gasteiger charge is -2.28. The van der Waals surface area contributed by atoms with Crippen molar-refractivity contribution in [1.29, 1.82) is 0 Å². The van der Waals surface area contributed by atoms with Gasteiger partial charge in [0.1, 0.15) is 0 Å². The van der Waals surface area contributed by atoms with E-state index in [0.717, 1.165) is 48.9 Å². The van der Waals surface area contributed by atoms with Crippen molar-refractivity contribution in [3.63, 3.8) is 0 Å². The normalized spacial score (nSPS) is 13.3. The van der Waals surface area contributed by atoms with Gasteiger partial charge in [-0.15, -0.1) is 10.2 Å². The van der Waals surface area contributed by atoms with Crippen LogP contribution in [0.25, 0.3) is 17.1 Å². The molecule has 0 saturated carbocycles. The molecule has 1 saturated heterocycles. The van der Waals surface area contributed by atoms with E-state index in [2.05, 4.69) is 20.4 Å². The van der Waals surface area contributed by atoms with Gasteiger partial charge in [-0.3, -0.25) is 9.36 Å². The largest absolute Gasteiger partial charge is 0.493 e. The van der Waals surface area contributed by atoms with E-state index in [1.54, 1.807) is 14.2 Å². The molecule has 1 aliphatic heterocycles. The van der Waals surface area contributed by atoms with Crippen molar-refractivity contribution in [2.24, 2.45) is 0 Å². The number of carbonyl (C=O) groups is 1. The maximum absolute atomic E-state index is 12.8. The summed E-state index contributed by atoms with van der Waals surface area (Å²) in [5.74, 6) is 1.92. The summed E-state index contributed by atoms with van der Waals surface area (Å²) in [7, 11) is 3.20. The third kappa shape index (κ3) is 5.76. The number of nitrogens with one attached hydrogen (secondary N) is 1. The van der Waals surface area contributed by atoms with Crippen LogP contribution in [0.4, 0.5) is 11.4 Å². The molecule has 1 aliphatic rings. The van der Waals surface area contributed by atoms with Gasteiger partial charge in [-0.25, -0.2) is 0 Å². The van der Waals surface area contributed by atoms with Crippen molar-refractivity contribution in [3.8, 4) is 28.6 Å². The maximum atomic E-state index is 12.8. The van der Waals surface area contributed by atoms with E-state index < -0.39 is 0 Å². The van der Waals surface area contributed by atoms with Crippen LogP contribution in [0.15, 0.2) is 78.0 Å². The van der Waals surface area contributed by atoms with Gasteiger partial charge in [0.05, 0.1) is 38.9 Å². The second kappa shape index (κ2) is 12.0. The highest BCUT2D eigenvalue weighted by Gasteiger charge is 2.19. The maximum Gasteiger partial charge on any atom is 0.234 e. The molecule has 1 amide bonds. The number of benzene rings is 3. The highest BCUT2D eigenvalue weighted by molar-refractivity contribution is 7.99. The Bertz CT molecular complexity index is 1370. The quantitative estimate of drug-likeness (QED) is 0.316. The number of thioether (sulfide) groups is 1. The monoisotopic (exact) mass is 531 g/mol. The Kier molecular flexibility index (Phi) is 8.10. The Morgan fingerprint density at radius 3 is 2.34 bits per heavy atom. The van der Waals surface area contributed by atoms with Gasteiger partial charge in [-0.1, -0.05) is 42.1 Å². The highest BCUT2D eigenvalue weighted by Crippen LogP contribution is 2.33. The van der Waals surface area contributed by atoms with Gasteiger partial charge in [0.2, 0.25) is 5.91 Å². The summed E-state index contributed by atoms with van der Waals surface area (Å²) in [5, 5.41) is 12.4. The molecular formula is C28H29N5O4S. The summed E-state index contributed by atoms with van der Waals surface area (Å²) >= 11 is 1.32. The molecule has 9 nitrogen and oxygen atoms in total. The van der Waals surface area contributed by atoms with Crippen molar-refractivity contribution in [2.75, 3.05) is 56.5 Å². The Labute approximate surface area is 225 Å². The van der Waals surface area contributed by atoms with Crippen LogP contribution < -0.4 is 19.7 Å². The van der Waals surface area contributed by atoms with E-state index in [4.69, 9.17) is 14.2 Å². The van der Waals surface area contributed by atoms with Crippen LogP contribution in [0, 0.1) is 0 Å². The molecule has 0 unspecified atom stereocenters. The summed E-state index contributed by atoms with van der Waals surface area (Å²) in [4.78, 5) is 15.1. The van der Waals surface area contributed by atoms with Crippen LogP contribution in [-0.2, 0) is 9.53 Å². The second-order valence-electron chi connectivity index (χ2n) is 8.53. The number of ether oxygens (including phenoxy) is 3. The molecule has 3 aromatic carbocycles. The second-order valence-corrected chi connectivity index (χ2v) is 9.47. The molecule has 38 heavy (non-hydrogen) atoms. The van der Waals surface area contributed by atoms with Gasteiger partial charge in [0.25, 0.3) is 0 Å². The van der Waals surface area contributed by atoms with Crippen LogP contribution >= 0.6 is 11.8 Å². The molecule has 0 bridgehead atoms. The van der Waals surface area contributed by atoms with Gasteiger partial charge in [0, 0.05) is 36.1 Å². The summed E-state index contributed by atoms with van der Waals surface area (Å²) in [6.45, 7) is 3.20. The highest BCUT2D eigenvalue weighted by atomic mass is 32.2. The van der Waals surface area contributed by atoms with Crippen LogP contribution in [-0.4, -0.2) is 66.9 Å². The van der Waals surface area contributed by atoms with Crippen molar-refractivity contribution in [2.45, 2.75) is 5.16 Å². The molecule has 5 rings (SSSR count). The number of hydrogen-bond donors (Lipinski definition) is 1. The minimum Gasteiger partial charge on any atom is -0.493 e. The van der Waals surface area contributed by atoms with Crippen molar-refractivity contribution >= 4 is 29.0 Å². The zero-order chi connectivity index (χ0) is 26.3. The van der Waals surface area contributed by atoms with Crippen LogP contribution in [0.2, 0.25) is 0 Å². The molecule has 2 heterocycles. The summed E-state index contributed by atoms with van der Waals surface area (Å²) in [5.41, 5.74) is 3.58. The molecule has 1 aromatic heterocycles. The summed E-state index contributed by atoms with van der Waals surface area (Å²) in [6.07, 6.45) is 0. The van der Waals surface area contributed by atoms with Gasteiger partial charge in [-0.05, 0) is 36.4 Å². The molecule has 10 heteroatoms. The molecule has 1 fully saturated rings. The SMILES string of the molecule is COc1ccc(-n2c(SCC(=O)Nc3ccc(N4CCOCC4)cc3)nnc2-c2ccccc2)cc1OC. The number of carbonyl (C=O) groups excluding carboxylic acids is 1. The first kappa shape index (κ1) is 25.6. The number of hydrogen-bond acceptors (Lipinski definition) is 8. The molecule has 0 radical (unpaired) electrons. The number of anilines is 2. The van der Waals surface area contributed by atoms with Crippen LogP contribution in [0.5, 0.6) is 11.5 Å². The van der Waals surface area contributed by atoms with E-state index in [9.17, 15) is 4.79 Å². The van der Waals surface area contributed by atoms with E-state index in [1.165, 1.54) is 11.8 Å². The average Bonchev–Trinajstić information content (AvgIpc) is 3.41. The minimum absolute atomic E-state index is 0.128. The Morgan fingerprint density at radius 1 is 0.921 bits per heavy atom. The van der Waals surface area contributed by atoms with Gasteiger partial charge < -0.3 is 24.4 Å². The van der Waals surface area contributed by atoms with Crippen molar-refractivity contribution < 1.29 is 19.0 Å². The number of methoxy groups -OCH3 is 2. The first-order valence-corrected chi connectivity index (χ1v) is 13.2. The summed E-state index contributed by atoms with van der Waals surface area (Å²) in [6, 6.07) is 23.3. The smallest absolute Gasteiger partial charge is 0.234 e. The Balaban J connectivity index is 1.33. The number of rotatable bonds is 9. The number of morpholine rings is 1. The lowest BCUT2D eigenvalue weighted by atomic mass is 10.2. The van der Waals surface area contributed by atoms with Gasteiger partial charge in [0.15, 0.2) is 22.5 Å². The van der Waals surface area contributed by atoms with Crippen molar-refractivity contribution in [3.05, 3.63) is 72.8 Å². The Morgan fingerprint density at radius 2 is 1.63 bits per heavy atom. The third-order valence-electron chi connectivity index (χ3n) is 6.15. The van der Waals surface area contributed by atoms with E-state index >= 15 is 0 Å². The molecule has 0 aliphatic carbocycles. The fourth-order valence-corrected chi connectivity index (χ4v) is 4.99. The first-order valence-electron chi connectivity index (χ1n) is 12.2. The molecule has 0 spiro atoms. The first-order chi connectivity index (χ1) is 18.7. The van der Waals surface area contributed by atoms with Crippen molar-refractivity contribution in [1.82, 2.24) is 14.8 Å². The molecule has 4 aromatic rings. The minimum atomic E-state index is -0.128. The molecule has 0 atom stereocenters. The Hall–Kier alpha value is -4.02. The van der Waals surface area contributed by atoms with Crippen LogP contribution in [0.1, 0.15) is 0 Å². The number of amides is 1. The molecule has 196 valence electrons. The van der Waals surface area contributed by atoms with E-state index in [1.807, 2.05) is 77.4 Å². The number of nitrogens with zero attached hydrogens (tertiary/aromatic N) is 4. The van der Waals surface area contributed by atoms with Crippen LogP contribution in [0.3, 0.4) is 0 Å².